The Kier molecular flexibility index (Phi) is 5.85. The fourth-order valence-electron chi connectivity index (χ4n) is 1.87. The molecule has 5 heteroatoms. The van der Waals surface area contributed by atoms with Gasteiger partial charge in [0.15, 0.2) is 5.82 Å². The van der Waals surface area contributed by atoms with Crippen LogP contribution in [0.4, 0.5) is 11.6 Å². The van der Waals surface area contributed by atoms with Crippen molar-refractivity contribution in [1.29, 1.82) is 0 Å². The van der Waals surface area contributed by atoms with Crippen LogP contribution in [0.3, 0.4) is 0 Å². The topological polar surface area (TPSA) is 73.1 Å². The van der Waals surface area contributed by atoms with Crippen LogP contribution in [0.2, 0.25) is 0 Å². The summed E-state index contributed by atoms with van der Waals surface area (Å²) in [5.41, 5.74) is 5.76. The number of nitrogens with one attached hydrogen (secondary N) is 1. The Labute approximate surface area is 109 Å². The summed E-state index contributed by atoms with van der Waals surface area (Å²) in [5, 5.41) is 3.34. The zero-order chi connectivity index (χ0) is 13.5. The van der Waals surface area contributed by atoms with Gasteiger partial charge in [0.25, 0.3) is 0 Å². The third kappa shape index (κ3) is 5.31. The van der Waals surface area contributed by atoms with Gasteiger partial charge in [-0.25, -0.2) is 9.97 Å². The van der Waals surface area contributed by atoms with Crippen molar-refractivity contribution in [2.75, 3.05) is 17.7 Å². The Morgan fingerprint density at radius 1 is 1.33 bits per heavy atom. The molecule has 0 aliphatic rings. The summed E-state index contributed by atoms with van der Waals surface area (Å²) < 4.78 is 5.29. The molecule has 1 rings (SSSR count). The van der Waals surface area contributed by atoms with E-state index in [-0.39, 0.29) is 0 Å². The Bertz CT molecular complexity index is 368. The molecular weight excluding hydrogens is 228 g/mol. The van der Waals surface area contributed by atoms with Gasteiger partial charge in [-0.1, -0.05) is 13.8 Å². The second kappa shape index (κ2) is 7.16. The molecule has 0 aromatic carbocycles. The van der Waals surface area contributed by atoms with Crippen LogP contribution in [-0.2, 0) is 11.3 Å². The molecule has 3 N–H and O–H groups in total. The van der Waals surface area contributed by atoms with Gasteiger partial charge in [-0.3, -0.25) is 0 Å². The zero-order valence-electron chi connectivity index (χ0n) is 11.7. The number of hydrogen-bond donors (Lipinski definition) is 2. The molecule has 0 radical (unpaired) electrons. The van der Waals surface area contributed by atoms with Crippen molar-refractivity contribution in [2.45, 2.75) is 46.8 Å². The fourth-order valence-corrected chi connectivity index (χ4v) is 1.87. The number of ether oxygens (including phenoxy) is 1. The summed E-state index contributed by atoms with van der Waals surface area (Å²) in [7, 11) is 0. The summed E-state index contributed by atoms with van der Waals surface area (Å²) in [6.07, 6.45) is 1.09. The fraction of sp³-hybridized carbons (Fsp3) is 0.692. The van der Waals surface area contributed by atoms with Crippen molar-refractivity contribution >= 4 is 11.6 Å². The van der Waals surface area contributed by atoms with Gasteiger partial charge in [0, 0.05) is 18.7 Å². The first-order valence-electron chi connectivity index (χ1n) is 6.49. The van der Waals surface area contributed by atoms with Gasteiger partial charge in [-0.15, -0.1) is 0 Å². The second-order valence-electron chi connectivity index (χ2n) is 4.91. The summed E-state index contributed by atoms with van der Waals surface area (Å²) in [6, 6.07) is 2.12. The SMILES string of the molecule is CCOCc1nc(N)cc(NC(C)CC(C)C)n1. The highest BCUT2D eigenvalue weighted by Gasteiger charge is 2.08. The molecular formula is C13H24N4O. The molecule has 1 aromatic rings. The molecule has 0 fully saturated rings. The van der Waals surface area contributed by atoms with E-state index in [1.807, 2.05) is 6.92 Å². The molecule has 0 amide bonds. The lowest BCUT2D eigenvalue weighted by Crippen LogP contribution is -2.19. The number of nitrogens with two attached hydrogens (primary N) is 1. The van der Waals surface area contributed by atoms with Gasteiger partial charge in [-0.2, -0.15) is 0 Å². The van der Waals surface area contributed by atoms with Crippen molar-refractivity contribution < 1.29 is 4.74 Å². The molecule has 5 nitrogen and oxygen atoms in total. The number of aromatic nitrogens is 2. The average molecular weight is 252 g/mol. The minimum Gasteiger partial charge on any atom is -0.384 e. The first-order valence-corrected chi connectivity index (χ1v) is 6.49. The van der Waals surface area contributed by atoms with Crippen LogP contribution < -0.4 is 11.1 Å². The van der Waals surface area contributed by atoms with Crippen LogP contribution in [-0.4, -0.2) is 22.6 Å². The van der Waals surface area contributed by atoms with Crippen molar-refractivity contribution in [2.24, 2.45) is 5.92 Å². The Balaban J connectivity index is 2.67. The molecule has 1 aromatic heterocycles. The third-order valence-electron chi connectivity index (χ3n) is 2.45. The van der Waals surface area contributed by atoms with E-state index in [0.717, 1.165) is 12.2 Å². The Morgan fingerprint density at radius 2 is 2.06 bits per heavy atom. The summed E-state index contributed by atoms with van der Waals surface area (Å²) in [4.78, 5) is 8.53. The van der Waals surface area contributed by atoms with Gasteiger partial charge < -0.3 is 15.8 Å². The molecule has 0 saturated carbocycles. The third-order valence-corrected chi connectivity index (χ3v) is 2.45. The van der Waals surface area contributed by atoms with E-state index >= 15 is 0 Å². The molecule has 0 saturated heterocycles. The van der Waals surface area contributed by atoms with Crippen LogP contribution in [0.5, 0.6) is 0 Å². The number of hydrogen-bond acceptors (Lipinski definition) is 5. The number of nitrogens with zero attached hydrogens (tertiary/aromatic N) is 2. The molecule has 0 bridgehead atoms. The van der Waals surface area contributed by atoms with Crippen molar-refractivity contribution in [1.82, 2.24) is 9.97 Å². The zero-order valence-corrected chi connectivity index (χ0v) is 11.7. The van der Waals surface area contributed by atoms with E-state index in [1.54, 1.807) is 6.07 Å². The largest absolute Gasteiger partial charge is 0.384 e. The maximum absolute atomic E-state index is 5.76. The number of nitrogen functional groups attached to an aromatic ring is 1. The maximum Gasteiger partial charge on any atom is 0.158 e. The predicted molar refractivity (Wildman–Crippen MR) is 74.3 cm³/mol. The first kappa shape index (κ1) is 14.7. The summed E-state index contributed by atoms with van der Waals surface area (Å²) >= 11 is 0. The van der Waals surface area contributed by atoms with Gasteiger partial charge in [0.05, 0.1) is 0 Å². The van der Waals surface area contributed by atoms with Crippen molar-refractivity contribution in [3.8, 4) is 0 Å². The van der Waals surface area contributed by atoms with E-state index in [1.165, 1.54) is 0 Å². The van der Waals surface area contributed by atoms with Crippen LogP contribution in [0.15, 0.2) is 6.07 Å². The maximum atomic E-state index is 5.76. The number of rotatable bonds is 7. The van der Waals surface area contributed by atoms with Crippen LogP contribution >= 0.6 is 0 Å². The lowest BCUT2D eigenvalue weighted by atomic mass is 10.1. The van der Waals surface area contributed by atoms with Crippen LogP contribution in [0, 0.1) is 5.92 Å². The number of anilines is 2. The molecule has 0 spiro atoms. The van der Waals surface area contributed by atoms with E-state index in [2.05, 4.69) is 36.1 Å². The van der Waals surface area contributed by atoms with Gasteiger partial charge in [-0.05, 0) is 26.2 Å². The molecule has 102 valence electrons. The molecule has 1 heterocycles. The predicted octanol–water partition coefficient (Wildman–Crippen LogP) is 2.44. The van der Waals surface area contributed by atoms with Crippen molar-refractivity contribution in [3.63, 3.8) is 0 Å². The van der Waals surface area contributed by atoms with Gasteiger partial charge in [0.2, 0.25) is 0 Å². The monoisotopic (exact) mass is 252 g/mol. The highest BCUT2D eigenvalue weighted by molar-refractivity contribution is 5.45. The lowest BCUT2D eigenvalue weighted by Gasteiger charge is -2.17. The molecule has 18 heavy (non-hydrogen) atoms. The van der Waals surface area contributed by atoms with Crippen LogP contribution in [0.1, 0.15) is 39.9 Å². The minimum atomic E-state index is 0.360. The van der Waals surface area contributed by atoms with Crippen molar-refractivity contribution in [3.05, 3.63) is 11.9 Å². The highest BCUT2D eigenvalue weighted by atomic mass is 16.5. The van der Waals surface area contributed by atoms with Gasteiger partial charge >= 0.3 is 0 Å². The van der Waals surface area contributed by atoms with Gasteiger partial charge in [0.1, 0.15) is 18.2 Å². The minimum absolute atomic E-state index is 0.360. The highest BCUT2D eigenvalue weighted by Crippen LogP contribution is 2.13. The molecule has 0 aliphatic heterocycles. The van der Waals surface area contributed by atoms with E-state index in [0.29, 0.717) is 36.8 Å². The van der Waals surface area contributed by atoms with Crippen LogP contribution in [0.25, 0.3) is 0 Å². The smallest absolute Gasteiger partial charge is 0.158 e. The van der Waals surface area contributed by atoms with E-state index < -0.39 is 0 Å². The Morgan fingerprint density at radius 3 is 2.67 bits per heavy atom. The molecule has 0 aliphatic carbocycles. The Hall–Kier alpha value is -1.36. The summed E-state index contributed by atoms with van der Waals surface area (Å²) in [5.74, 6) is 2.51. The second-order valence-corrected chi connectivity index (χ2v) is 4.91. The average Bonchev–Trinajstić information content (AvgIpc) is 2.24. The van der Waals surface area contributed by atoms with E-state index in [4.69, 9.17) is 10.5 Å². The lowest BCUT2D eigenvalue weighted by molar-refractivity contribution is 0.128. The van der Waals surface area contributed by atoms with E-state index in [9.17, 15) is 0 Å². The quantitative estimate of drug-likeness (QED) is 0.779. The standard InChI is InChI=1S/C13H24N4O/c1-5-18-8-13-16-11(14)7-12(17-13)15-10(4)6-9(2)3/h7,9-10H,5-6,8H2,1-4H3,(H3,14,15,16,17). The summed E-state index contributed by atoms with van der Waals surface area (Å²) in [6.45, 7) is 9.52. The molecule has 1 atom stereocenters. The molecule has 1 unspecified atom stereocenters. The normalized spacial score (nSPS) is 12.7. The first-order chi connectivity index (χ1) is 8.51.